The lowest BCUT2D eigenvalue weighted by molar-refractivity contribution is 0.0699. The third-order valence-electron chi connectivity index (χ3n) is 4.80. The maximum absolute atomic E-state index is 11.9. The van der Waals surface area contributed by atoms with Gasteiger partial charge in [-0.05, 0) is 61.7 Å². The average molecular weight is 403 g/mol. The lowest BCUT2D eigenvalue weighted by Gasteiger charge is -2.12. The zero-order valence-electron chi connectivity index (χ0n) is 15.8. The van der Waals surface area contributed by atoms with E-state index in [0.717, 1.165) is 29.7 Å². The monoisotopic (exact) mass is 402 g/mol. The zero-order chi connectivity index (χ0) is 20.3. The summed E-state index contributed by atoms with van der Waals surface area (Å²) in [5.41, 5.74) is 8.92. The topological polar surface area (TPSA) is 97.6 Å². The van der Waals surface area contributed by atoms with Crippen LogP contribution in [0.5, 0.6) is 11.5 Å². The quantitative estimate of drug-likeness (QED) is 0.482. The molecule has 0 atom stereocenters. The first-order valence-corrected chi connectivity index (χ1v) is 9.38. The lowest BCUT2D eigenvalue weighted by atomic mass is 9.97. The molecule has 0 aliphatic rings. The fourth-order valence-electron chi connectivity index (χ4n) is 3.45. The highest BCUT2D eigenvalue weighted by Crippen LogP contribution is 2.41. The van der Waals surface area contributed by atoms with Crippen molar-refractivity contribution in [2.75, 3.05) is 20.8 Å². The summed E-state index contributed by atoms with van der Waals surface area (Å²) in [6.07, 6.45) is 2.33. The van der Waals surface area contributed by atoms with E-state index in [9.17, 15) is 9.90 Å². The number of hydrogen-bond acceptors (Lipinski definition) is 4. The number of aromatic carboxylic acids is 1. The number of H-pyrrole nitrogens is 1. The Kier molecular flexibility index (Phi) is 6.11. The fourth-order valence-corrected chi connectivity index (χ4v) is 3.66. The van der Waals surface area contributed by atoms with E-state index in [-0.39, 0.29) is 5.56 Å². The van der Waals surface area contributed by atoms with Gasteiger partial charge in [0, 0.05) is 10.9 Å². The Morgan fingerprint density at radius 1 is 1.18 bits per heavy atom. The second-order valence-corrected chi connectivity index (χ2v) is 6.85. The molecular weight excluding hydrogens is 380 g/mol. The van der Waals surface area contributed by atoms with Crippen molar-refractivity contribution in [3.05, 3.63) is 46.5 Å². The number of aryl methyl sites for hydroxylation is 1. The van der Waals surface area contributed by atoms with Gasteiger partial charge in [-0.2, -0.15) is 0 Å². The number of rotatable bonds is 8. The van der Waals surface area contributed by atoms with Crippen LogP contribution >= 0.6 is 11.6 Å². The van der Waals surface area contributed by atoms with Crippen molar-refractivity contribution in [1.82, 2.24) is 4.98 Å². The van der Waals surface area contributed by atoms with Crippen LogP contribution in [0.25, 0.3) is 22.2 Å². The van der Waals surface area contributed by atoms with E-state index in [1.807, 2.05) is 18.2 Å². The van der Waals surface area contributed by atoms with Crippen molar-refractivity contribution in [2.45, 2.75) is 19.3 Å². The molecule has 3 aromatic rings. The predicted octanol–water partition coefficient (Wildman–Crippen LogP) is 4.49. The summed E-state index contributed by atoms with van der Waals surface area (Å²) in [6, 6.07) is 8.64. The van der Waals surface area contributed by atoms with E-state index in [0.29, 0.717) is 40.4 Å². The van der Waals surface area contributed by atoms with Crippen molar-refractivity contribution < 1.29 is 19.4 Å². The highest BCUT2D eigenvalue weighted by atomic mass is 35.5. The van der Waals surface area contributed by atoms with Crippen LogP contribution in [0, 0.1) is 0 Å². The molecule has 0 aliphatic carbocycles. The summed E-state index contributed by atoms with van der Waals surface area (Å²) in [4.78, 5) is 15.2. The van der Waals surface area contributed by atoms with Gasteiger partial charge in [0.2, 0.25) is 0 Å². The summed E-state index contributed by atoms with van der Waals surface area (Å²) in [5.74, 6) is 0.331. The first-order valence-electron chi connectivity index (χ1n) is 9.00. The SMILES string of the molecule is COc1ccc(OC)c(-c2[nH]c3c(Cl)ccc(C(=O)O)c3c2CCCCN)c1. The van der Waals surface area contributed by atoms with Crippen LogP contribution in [0.4, 0.5) is 0 Å². The Morgan fingerprint density at radius 2 is 1.96 bits per heavy atom. The first-order chi connectivity index (χ1) is 13.5. The van der Waals surface area contributed by atoms with Gasteiger partial charge in [0.15, 0.2) is 0 Å². The number of aromatic amines is 1. The number of benzene rings is 2. The molecule has 0 saturated carbocycles. The number of hydrogen-bond donors (Lipinski definition) is 3. The Hall–Kier alpha value is -2.70. The number of aromatic nitrogens is 1. The van der Waals surface area contributed by atoms with E-state index in [1.165, 1.54) is 0 Å². The third kappa shape index (κ3) is 3.66. The highest BCUT2D eigenvalue weighted by molar-refractivity contribution is 6.36. The minimum Gasteiger partial charge on any atom is -0.497 e. The normalized spacial score (nSPS) is 11.0. The molecule has 0 aliphatic heterocycles. The van der Waals surface area contributed by atoms with Gasteiger partial charge in [-0.1, -0.05) is 11.6 Å². The lowest BCUT2D eigenvalue weighted by Crippen LogP contribution is -2.01. The van der Waals surface area contributed by atoms with Crippen LogP contribution in [-0.4, -0.2) is 36.8 Å². The fraction of sp³-hybridized carbons (Fsp3) is 0.286. The van der Waals surface area contributed by atoms with Crippen LogP contribution in [0.15, 0.2) is 30.3 Å². The van der Waals surface area contributed by atoms with E-state index in [2.05, 4.69) is 4.98 Å². The standard InChI is InChI=1S/C21H23ClN2O4/c1-27-12-6-9-17(28-2)15(11-12)19-13(5-3-4-10-23)18-14(21(25)26)7-8-16(22)20(18)24-19/h6-9,11,24H,3-5,10,23H2,1-2H3,(H,25,26). The number of ether oxygens (including phenoxy) is 2. The second-order valence-electron chi connectivity index (χ2n) is 6.44. The maximum atomic E-state index is 11.9. The van der Waals surface area contributed by atoms with Crippen LogP contribution < -0.4 is 15.2 Å². The Morgan fingerprint density at radius 3 is 2.61 bits per heavy atom. The molecule has 0 amide bonds. The number of methoxy groups -OCH3 is 2. The molecule has 148 valence electrons. The molecule has 0 bridgehead atoms. The molecule has 0 spiro atoms. The molecule has 0 saturated heterocycles. The first kappa shape index (κ1) is 20.0. The molecule has 28 heavy (non-hydrogen) atoms. The van der Waals surface area contributed by atoms with Crippen molar-refractivity contribution in [1.29, 1.82) is 0 Å². The number of nitrogens with one attached hydrogen (secondary N) is 1. The van der Waals surface area contributed by atoms with E-state index >= 15 is 0 Å². The molecule has 6 nitrogen and oxygen atoms in total. The van der Waals surface area contributed by atoms with Gasteiger partial charge < -0.3 is 25.3 Å². The third-order valence-corrected chi connectivity index (χ3v) is 5.11. The summed E-state index contributed by atoms with van der Waals surface area (Å²) >= 11 is 6.40. The molecular formula is C21H23ClN2O4. The second kappa shape index (κ2) is 8.54. The largest absolute Gasteiger partial charge is 0.497 e. The molecule has 1 aromatic heterocycles. The van der Waals surface area contributed by atoms with Crippen molar-refractivity contribution >= 4 is 28.5 Å². The number of unbranched alkanes of at least 4 members (excludes halogenated alkanes) is 1. The van der Waals surface area contributed by atoms with Crippen LogP contribution in [0.2, 0.25) is 5.02 Å². The Balaban J connectivity index is 2.33. The molecule has 7 heteroatoms. The molecule has 0 unspecified atom stereocenters. The van der Waals surface area contributed by atoms with Gasteiger partial charge in [0.05, 0.1) is 36.0 Å². The van der Waals surface area contributed by atoms with Gasteiger partial charge in [0.1, 0.15) is 11.5 Å². The molecule has 0 radical (unpaired) electrons. The molecule has 0 fully saturated rings. The van der Waals surface area contributed by atoms with Gasteiger partial charge in [-0.25, -0.2) is 4.79 Å². The number of carbonyl (C=O) groups is 1. The van der Waals surface area contributed by atoms with E-state index in [1.54, 1.807) is 26.4 Å². The maximum Gasteiger partial charge on any atom is 0.336 e. The van der Waals surface area contributed by atoms with Gasteiger partial charge in [-0.15, -0.1) is 0 Å². The van der Waals surface area contributed by atoms with Crippen molar-refractivity contribution in [3.8, 4) is 22.8 Å². The Bertz CT molecular complexity index is 1010. The molecule has 1 heterocycles. The average Bonchev–Trinajstić information content (AvgIpc) is 3.08. The number of carboxylic acids is 1. The summed E-state index contributed by atoms with van der Waals surface area (Å²) in [6.45, 7) is 0.576. The van der Waals surface area contributed by atoms with E-state index in [4.69, 9.17) is 26.8 Å². The van der Waals surface area contributed by atoms with E-state index < -0.39 is 5.97 Å². The molecule has 4 N–H and O–H groups in total. The number of carboxylic acid groups (broad SMARTS) is 1. The number of fused-ring (bicyclic) bond motifs is 1. The minimum atomic E-state index is -0.995. The van der Waals surface area contributed by atoms with Gasteiger partial charge >= 0.3 is 5.97 Å². The summed E-state index contributed by atoms with van der Waals surface area (Å²) in [7, 11) is 3.19. The number of nitrogens with two attached hydrogens (primary N) is 1. The molecule has 3 rings (SSSR count). The van der Waals surface area contributed by atoms with Gasteiger partial charge in [-0.3, -0.25) is 0 Å². The Labute approximate surface area is 168 Å². The van der Waals surface area contributed by atoms with Crippen LogP contribution in [0.1, 0.15) is 28.8 Å². The highest BCUT2D eigenvalue weighted by Gasteiger charge is 2.22. The predicted molar refractivity (Wildman–Crippen MR) is 111 cm³/mol. The number of halogens is 1. The van der Waals surface area contributed by atoms with Crippen LogP contribution in [0.3, 0.4) is 0 Å². The van der Waals surface area contributed by atoms with Gasteiger partial charge in [0.25, 0.3) is 0 Å². The van der Waals surface area contributed by atoms with Crippen molar-refractivity contribution in [2.24, 2.45) is 5.73 Å². The van der Waals surface area contributed by atoms with Crippen molar-refractivity contribution in [3.63, 3.8) is 0 Å². The summed E-state index contributed by atoms with van der Waals surface area (Å²) < 4.78 is 10.9. The minimum absolute atomic E-state index is 0.214. The molecule has 2 aromatic carbocycles. The summed E-state index contributed by atoms with van der Waals surface area (Å²) in [5, 5.41) is 10.8. The van der Waals surface area contributed by atoms with Crippen LogP contribution in [-0.2, 0) is 6.42 Å². The zero-order valence-corrected chi connectivity index (χ0v) is 16.6. The smallest absolute Gasteiger partial charge is 0.336 e.